The maximum absolute atomic E-state index is 13.2. The van der Waals surface area contributed by atoms with Crippen LogP contribution in [0.2, 0.25) is 0 Å². The smallest absolute Gasteiger partial charge is 0.182 e. The van der Waals surface area contributed by atoms with Crippen LogP contribution in [0.25, 0.3) is 16.7 Å². The molecule has 0 aliphatic rings. The van der Waals surface area contributed by atoms with Crippen molar-refractivity contribution in [3.63, 3.8) is 0 Å². The first-order valence-corrected chi connectivity index (χ1v) is 6.56. The summed E-state index contributed by atoms with van der Waals surface area (Å²) < 4.78 is 20.9. The molecule has 102 valence electrons. The summed E-state index contributed by atoms with van der Waals surface area (Å²) in [5.41, 5.74) is 3.52. The zero-order chi connectivity index (χ0) is 14.3. The Kier molecular flexibility index (Phi) is 3.06. The fraction of sp³-hybridized carbons (Fsp3) is 0.133. The molecule has 3 aromatic rings. The molecule has 0 amide bonds. The van der Waals surface area contributed by atoms with Gasteiger partial charge in [-0.15, -0.1) is 0 Å². The van der Waals surface area contributed by atoms with Crippen molar-refractivity contribution in [2.75, 3.05) is 7.11 Å². The molecule has 1 heterocycles. The molecule has 1 aromatic heterocycles. The van der Waals surface area contributed by atoms with Gasteiger partial charge in [0, 0.05) is 6.07 Å². The summed E-state index contributed by atoms with van der Waals surface area (Å²) in [6.45, 7) is 1.86. The van der Waals surface area contributed by atoms with Gasteiger partial charge in [0.1, 0.15) is 11.6 Å². The summed E-state index contributed by atoms with van der Waals surface area (Å²) in [5, 5.41) is 0. The predicted molar refractivity (Wildman–Crippen MR) is 79.7 cm³/mol. The average Bonchev–Trinajstić information content (AvgIpc) is 2.74. The Bertz CT molecular complexity index is 851. The summed E-state index contributed by atoms with van der Waals surface area (Å²) in [5.74, 6) is 0.510. The highest BCUT2D eigenvalue weighted by Crippen LogP contribution is 2.25. The Balaban J connectivity index is 2.31. The van der Waals surface area contributed by atoms with Crippen molar-refractivity contribution in [2.45, 2.75) is 6.92 Å². The molecule has 0 saturated carbocycles. The first kappa shape index (κ1) is 12.9. The molecule has 0 bridgehead atoms. The minimum Gasteiger partial charge on any atom is -0.497 e. The molecule has 0 atom stereocenters. The number of imidazole rings is 1. The first-order chi connectivity index (χ1) is 9.60. The van der Waals surface area contributed by atoms with Crippen molar-refractivity contribution in [1.29, 1.82) is 0 Å². The van der Waals surface area contributed by atoms with Crippen molar-refractivity contribution >= 4 is 23.3 Å². The largest absolute Gasteiger partial charge is 0.497 e. The van der Waals surface area contributed by atoms with Gasteiger partial charge >= 0.3 is 0 Å². The zero-order valence-electron chi connectivity index (χ0n) is 11.1. The van der Waals surface area contributed by atoms with E-state index in [2.05, 4.69) is 4.98 Å². The lowest BCUT2D eigenvalue weighted by atomic mass is 10.2. The number of nitrogens with zero attached hydrogens (tertiary/aromatic N) is 1. The van der Waals surface area contributed by atoms with Gasteiger partial charge in [-0.05, 0) is 55.0 Å². The summed E-state index contributed by atoms with van der Waals surface area (Å²) in [6.07, 6.45) is 0. The van der Waals surface area contributed by atoms with Crippen LogP contribution < -0.4 is 4.74 Å². The van der Waals surface area contributed by atoms with Gasteiger partial charge in [-0.1, -0.05) is 0 Å². The molecule has 0 aliphatic heterocycles. The quantitative estimate of drug-likeness (QED) is 0.718. The van der Waals surface area contributed by atoms with Crippen LogP contribution in [0, 0.1) is 17.5 Å². The van der Waals surface area contributed by atoms with Crippen LogP contribution in [0.4, 0.5) is 4.39 Å². The van der Waals surface area contributed by atoms with E-state index in [0.29, 0.717) is 4.77 Å². The Morgan fingerprint density at radius 2 is 2.00 bits per heavy atom. The molecule has 0 spiro atoms. The van der Waals surface area contributed by atoms with E-state index in [0.717, 1.165) is 28.0 Å². The molecule has 0 fully saturated rings. The SMILES string of the molecule is COc1ccc2c(c1)[nH]c(=S)n2-c1ccc(F)cc1C. The number of benzene rings is 2. The Morgan fingerprint density at radius 3 is 2.70 bits per heavy atom. The lowest BCUT2D eigenvalue weighted by Crippen LogP contribution is -1.97. The molecule has 20 heavy (non-hydrogen) atoms. The van der Waals surface area contributed by atoms with E-state index in [4.69, 9.17) is 17.0 Å². The van der Waals surface area contributed by atoms with Crippen LogP contribution in [-0.4, -0.2) is 16.7 Å². The number of rotatable bonds is 2. The summed E-state index contributed by atoms with van der Waals surface area (Å²) in [6, 6.07) is 10.4. The van der Waals surface area contributed by atoms with Gasteiger partial charge in [0.25, 0.3) is 0 Å². The number of H-pyrrole nitrogens is 1. The van der Waals surface area contributed by atoms with Gasteiger partial charge in [-0.3, -0.25) is 4.57 Å². The van der Waals surface area contributed by atoms with Crippen molar-refractivity contribution in [3.8, 4) is 11.4 Å². The molecular formula is C15H13FN2OS. The van der Waals surface area contributed by atoms with E-state index >= 15 is 0 Å². The minimum absolute atomic E-state index is 0.251. The Labute approximate surface area is 120 Å². The molecular weight excluding hydrogens is 275 g/mol. The standard InChI is InChI=1S/C15H13FN2OS/c1-9-7-10(16)3-5-13(9)18-14-6-4-11(19-2)8-12(14)17-15(18)20/h3-8H,1-2H3,(H,17,20). The highest BCUT2D eigenvalue weighted by molar-refractivity contribution is 7.71. The van der Waals surface area contributed by atoms with Gasteiger partial charge in [0.2, 0.25) is 0 Å². The second-order valence-electron chi connectivity index (χ2n) is 4.58. The predicted octanol–water partition coefficient (Wildman–Crippen LogP) is 4.14. The van der Waals surface area contributed by atoms with Crippen molar-refractivity contribution < 1.29 is 9.13 Å². The Morgan fingerprint density at radius 1 is 1.20 bits per heavy atom. The zero-order valence-corrected chi connectivity index (χ0v) is 11.9. The van der Waals surface area contributed by atoms with E-state index < -0.39 is 0 Å². The topological polar surface area (TPSA) is 29.9 Å². The number of aromatic amines is 1. The second kappa shape index (κ2) is 4.76. The summed E-state index contributed by atoms with van der Waals surface area (Å²) >= 11 is 5.38. The first-order valence-electron chi connectivity index (χ1n) is 6.15. The molecule has 0 unspecified atom stereocenters. The van der Waals surface area contributed by atoms with Gasteiger partial charge in [-0.2, -0.15) is 0 Å². The monoisotopic (exact) mass is 288 g/mol. The lowest BCUT2D eigenvalue weighted by molar-refractivity contribution is 0.415. The van der Waals surface area contributed by atoms with Crippen LogP contribution in [0.3, 0.4) is 0 Å². The van der Waals surface area contributed by atoms with Crippen molar-refractivity contribution in [3.05, 3.63) is 52.5 Å². The van der Waals surface area contributed by atoms with Crippen LogP contribution >= 0.6 is 12.2 Å². The number of aryl methyl sites for hydroxylation is 1. The van der Waals surface area contributed by atoms with E-state index in [1.165, 1.54) is 12.1 Å². The number of aromatic nitrogens is 2. The number of hydrogen-bond donors (Lipinski definition) is 1. The molecule has 5 heteroatoms. The van der Waals surface area contributed by atoms with Crippen molar-refractivity contribution in [2.24, 2.45) is 0 Å². The van der Waals surface area contributed by atoms with Gasteiger partial charge in [0.15, 0.2) is 4.77 Å². The van der Waals surface area contributed by atoms with Gasteiger partial charge in [0.05, 0.1) is 23.8 Å². The second-order valence-corrected chi connectivity index (χ2v) is 4.97. The van der Waals surface area contributed by atoms with Gasteiger partial charge in [-0.25, -0.2) is 4.39 Å². The molecule has 0 radical (unpaired) electrons. The van der Waals surface area contributed by atoms with Crippen LogP contribution in [0.5, 0.6) is 5.75 Å². The summed E-state index contributed by atoms with van der Waals surface area (Å²) in [7, 11) is 1.62. The third-order valence-corrected chi connectivity index (χ3v) is 3.57. The van der Waals surface area contributed by atoms with E-state index in [-0.39, 0.29) is 5.82 Å². The maximum atomic E-state index is 13.2. The van der Waals surface area contributed by atoms with Gasteiger partial charge < -0.3 is 9.72 Å². The number of methoxy groups -OCH3 is 1. The highest BCUT2D eigenvalue weighted by Gasteiger charge is 2.10. The molecule has 0 aliphatic carbocycles. The molecule has 1 N–H and O–H groups in total. The van der Waals surface area contributed by atoms with E-state index in [1.54, 1.807) is 13.2 Å². The van der Waals surface area contributed by atoms with Crippen molar-refractivity contribution in [1.82, 2.24) is 9.55 Å². The fourth-order valence-electron chi connectivity index (χ4n) is 2.33. The molecule has 2 aromatic carbocycles. The fourth-order valence-corrected chi connectivity index (χ4v) is 2.63. The highest BCUT2D eigenvalue weighted by atomic mass is 32.1. The molecule has 0 saturated heterocycles. The Hall–Kier alpha value is -2.14. The summed E-state index contributed by atoms with van der Waals surface area (Å²) in [4.78, 5) is 3.15. The number of fused-ring (bicyclic) bond motifs is 1. The number of hydrogen-bond acceptors (Lipinski definition) is 2. The van der Waals surface area contributed by atoms with Crippen LogP contribution in [0.15, 0.2) is 36.4 Å². The third-order valence-electron chi connectivity index (χ3n) is 3.29. The van der Waals surface area contributed by atoms with E-state index in [1.807, 2.05) is 29.7 Å². The van der Waals surface area contributed by atoms with E-state index in [9.17, 15) is 4.39 Å². The van der Waals surface area contributed by atoms with Crippen LogP contribution in [-0.2, 0) is 0 Å². The lowest BCUT2D eigenvalue weighted by Gasteiger charge is -2.08. The minimum atomic E-state index is -0.251. The number of nitrogens with one attached hydrogen (secondary N) is 1. The van der Waals surface area contributed by atoms with Crippen LogP contribution in [0.1, 0.15) is 5.56 Å². The number of halogens is 1. The third kappa shape index (κ3) is 2.00. The molecule has 3 rings (SSSR count). The average molecular weight is 288 g/mol. The molecule has 3 nitrogen and oxygen atoms in total. The normalized spacial score (nSPS) is 10.9. The number of ether oxygens (including phenoxy) is 1. The maximum Gasteiger partial charge on any atom is 0.182 e.